The lowest BCUT2D eigenvalue weighted by molar-refractivity contribution is 0.103. The average molecular weight is 678 g/mol. The largest absolute Gasteiger partial charge is 0.530 e. The second-order valence-electron chi connectivity index (χ2n) is 12.5. The molecule has 1 aliphatic heterocycles. The van der Waals surface area contributed by atoms with Crippen molar-refractivity contribution in [2.45, 2.75) is 66.4 Å². The zero-order valence-electron chi connectivity index (χ0n) is 27.9. The van der Waals surface area contributed by atoms with Gasteiger partial charge in [0.15, 0.2) is 5.75 Å². The first-order valence-electron chi connectivity index (χ1n) is 16.6. The summed E-state index contributed by atoms with van der Waals surface area (Å²) in [6.45, 7) is 13.0. The van der Waals surface area contributed by atoms with Gasteiger partial charge in [0.1, 0.15) is 28.2 Å². The van der Waals surface area contributed by atoms with Gasteiger partial charge in [0.25, 0.3) is 0 Å². The maximum atomic E-state index is 14.2. The number of ketones is 1. The van der Waals surface area contributed by atoms with Crippen LogP contribution in [-0.4, -0.2) is 49.6 Å². The lowest BCUT2D eigenvalue weighted by Crippen LogP contribution is -2.26. The van der Waals surface area contributed by atoms with E-state index in [1.54, 1.807) is 26.0 Å². The fraction of sp³-hybridized carbons (Fsp3) is 0.432. The van der Waals surface area contributed by atoms with Crippen LogP contribution in [0.4, 0.5) is 0 Å². The van der Waals surface area contributed by atoms with Crippen LogP contribution in [0, 0.1) is 26.7 Å². The normalized spacial score (nSPS) is 16.9. The molecule has 1 saturated heterocycles. The lowest BCUT2D eigenvalue weighted by Gasteiger charge is -2.17. The first kappa shape index (κ1) is 33.7. The second-order valence-corrected chi connectivity index (χ2v) is 15.2. The van der Waals surface area contributed by atoms with Gasteiger partial charge in [-0.05, 0) is 114 Å². The quantitative estimate of drug-likeness (QED) is 0.0909. The summed E-state index contributed by atoms with van der Waals surface area (Å²) >= 11 is 1.31. The number of aryl methyl sites for hydroxylation is 3. The van der Waals surface area contributed by atoms with Crippen LogP contribution in [0.2, 0.25) is 0 Å². The molecule has 0 spiro atoms. The van der Waals surface area contributed by atoms with Gasteiger partial charge in [0.2, 0.25) is 5.78 Å². The van der Waals surface area contributed by atoms with Crippen LogP contribution in [0.3, 0.4) is 0 Å². The van der Waals surface area contributed by atoms with Crippen LogP contribution in [-0.2, 0) is 13.6 Å². The van der Waals surface area contributed by atoms with Crippen molar-refractivity contribution in [1.82, 2.24) is 4.90 Å². The second kappa shape index (κ2) is 14.5. The van der Waals surface area contributed by atoms with E-state index in [4.69, 9.17) is 23.0 Å². The maximum Gasteiger partial charge on any atom is 0.530 e. The summed E-state index contributed by atoms with van der Waals surface area (Å²) in [5.41, 5.74) is 3.58. The van der Waals surface area contributed by atoms with Crippen molar-refractivity contribution in [3.63, 3.8) is 0 Å². The van der Waals surface area contributed by atoms with Gasteiger partial charge < -0.3 is 14.0 Å². The highest BCUT2D eigenvalue weighted by Gasteiger charge is 2.30. The number of carbonyl (C=O) groups is 1. The fourth-order valence-corrected chi connectivity index (χ4v) is 8.60. The highest BCUT2D eigenvalue weighted by atomic mass is 32.1. The third kappa shape index (κ3) is 8.10. The lowest BCUT2D eigenvalue weighted by atomic mass is 9.95. The van der Waals surface area contributed by atoms with Gasteiger partial charge >= 0.3 is 7.82 Å². The van der Waals surface area contributed by atoms with Crippen molar-refractivity contribution in [1.29, 1.82) is 0 Å². The van der Waals surface area contributed by atoms with E-state index < -0.39 is 7.82 Å². The van der Waals surface area contributed by atoms with Gasteiger partial charge in [0, 0.05) is 28.7 Å². The van der Waals surface area contributed by atoms with Gasteiger partial charge in [-0.2, -0.15) is 0 Å². The van der Waals surface area contributed by atoms with E-state index in [2.05, 4.69) is 4.90 Å². The van der Waals surface area contributed by atoms with Crippen molar-refractivity contribution in [2.24, 2.45) is 5.92 Å². The zero-order chi connectivity index (χ0) is 33.1. The van der Waals surface area contributed by atoms with Gasteiger partial charge in [-0.1, -0.05) is 30.5 Å². The van der Waals surface area contributed by atoms with Crippen LogP contribution in [0.25, 0.3) is 10.1 Å². The van der Waals surface area contributed by atoms with E-state index in [0.29, 0.717) is 27.7 Å². The number of fused-ring (bicyclic) bond motifs is 1. The number of hydrogen-bond acceptors (Lipinski definition) is 9. The van der Waals surface area contributed by atoms with E-state index in [9.17, 15) is 9.36 Å². The minimum atomic E-state index is -3.80. The topological polar surface area (TPSA) is 83.5 Å². The predicted octanol–water partition coefficient (Wildman–Crippen LogP) is 9.66. The first-order chi connectivity index (χ1) is 22.6. The minimum absolute atomic E-state index is 0.111. The molecular formula is C37H44NO7PS. The molecule has 8 nitrogen and oxygen atoms in total. The Kier molecular flexibility index (Phi) is 10.4. The monoisotopic (exact) mass is 677 g/mol. The van der Waals surface area contributed by atoms with Crippen LogP contribution in [0.15, 0.2) is 54.6 Å². The molecule has 2 fully saturated rings. The predicted molar refractivity (Wildman–Crippen MR) is 187 cm³/mol. The van der Waals surface area contributed by atoms with Crippen LogP contribution in [0.1, 0.15) is 71.5 Å². The Labute approximate surface area is 281 Å². The van der Waals surface area contributed by atoms with Crippen LogP contribution in [0.5, 0.6) is 23.0 Å². The molecule has 2 heterocycles. The Morgan fingerprint density at radius 1 is 0.894 bits per heavy atom. The summed E-state index contributed by atoms with van der Waals surface area (Å²) in [5.74, 6) is 3.02. The number of carbonyl (C=O) groups excluding carboxylic acids is 1. The molecule has 10 heteroatoms. The number of nitrogens with zero attached hydrogens (tertiary/aromatic N) is 1. The number of ether oxygens (including phenoxy) is 2. The smallest absolute Gasteiger partial charge is 0.489 e. The molecule has 0 unspecified atom stereocenters. The molecule has 3 aromatic carbocycles. The molecule has 4 aromatic rings. The Hall–Kier alpha value is -3.20. The number of rotatable bonds is 15. The van der Waals surface area contributed by atoms with E-state index >= 15 is 0 Å². The SMILES string of the molecule is CCOP(=O)(OCC)Oc1ccc2c(Oc3ccc(O[C@H]4CCN(CCC5CC5)C4)cc3)c(C(=O)c3c(C)cc(C)cc3C)sc2c1. The molecule has 0 amide bonds. The highest BCUT2D eigenvalue weighted by Crippen LogP contribution is 2.51. The molecular weight excluding hydrogens is 633 g/mol. The number of thiophene rings is 1. The Morgan fingerprint density at radius 3 is 2.21 bits per heavy atom. The Morgan fingerprint density at radius 2 is 1.55 bits per heavy atom. The molecule has 6 rings (SSSR count). The summed E-state index contributed by atoms with van der Waals surface area (Å²) in [4.78, 5) is 17.2. The van der Waals surface area contributed by atoms with Gasteiger partial charge in [-0.3, -0.25) is 18.7 Å². The van der Waals surface area contributed by atoms with Gasteiger partial charge in [0.05, 0.1) is 13.2 Å². The minimum Gasteiger partial charge on any atom is -0.489 e. The molecule has 1 atom stereocenters. The van der Waals surface area contributed by atoms with Gasteiger partial charge in [-0.15, -0.1) is 11.3 Å². The molecule has 0 bridgehead atoms. The van der Waals surface area contributed by atoms with Crippen molar-refractivity contribution in [2.75, 3.05) is 32.8 Å². The van der Waals surface area contributed by atoms with E-state index in [1.165, 1.54) is 37.1 Å². The number of likely N-dealkylation sites (tertiary alicyclic amines) is 1. The molecule has 250 valence electrons. The van der Waals surface area contributed by atoms with Crippen LogP contribution >= 0.6 is 19.2 Å². The zero-order valence-corrected chi connectivity index (χ0v) is 29.6. The fourth-order valence-electron chi connectivity index (χ4n) is 6.31. The molecule has 1 aliphatic carbocycles. The summed E-state index contributed by atoms with van der Waals surface area (Å²) in [7, 11) is -3.80. The molecule has 2 aliphatic rings. The summed E-state index contributed by atoms with van der Waals surface area (Å²) in [6.07, 6.45) is 5.31. The van der Waals surface area contributed by atoms with Crippen molar-refractivity contribution >= 4 is 35.0 Å². The van der Waals surface area contributed by atoms with Crippen molar-refractivity contribution < 1.29 is 32.4 Å². The molecule has 1 saturated carbocycles. The third-order valence-electron chi connectivity index (χ3n) is 8.64. The highest BCUT2D eigenvalue weighted by molar-refractivity contribution is 7.48. The third-order valence-corrected chi connectivity index (χ3v) is 11.4. The number of hydrogen-bond donors (Lipinski definition) is 0. The van der Waals surface area contributed by atoms with Crippen molar-refractivity contribution in [3.05, 3.63) is 81.7 Å². The van der Waals surface area contributed by atoms with E-state index in [-0.39, 0.29) is 25.1 Å². The number of phosphoric ester groups is 1. The molecule has 47 heavy (non-hydrogen) atoms. The summed E-state index contributed by atoms with van der Waals surface area (Å²) in [6, 6.07) is 16.9. The van der Waals surface area contributed by atoms with Crippen molar-refractivity contribution in [3.8, 4) is 23.0 Å². The summed E-state index contributed by atoms with van der Waals surface area (Å²) < 4.78 is 43.0. The number of benzene rings is 3. The summed E-state index contributed by atoms with van der Waals surface area (Å²) in [5, 5.41) is 0.744. The molecule has 1 aromatic heterocycles. The Balaban J connectivity index is 1.26. The van der Waals surface area contributed by atoms with Crippen LogP contribution < -0.4 is 14.0 Å². The standard InChI is InChI=1S/C37H44NO7PS/c1-6-41-46(40,42-7-2)45-30-14-15-32-33(22-30)47-37(35(39)34-25(4)20-24(3)21-26(34)5)36(32)44-29-12-10-28(11-13-29)43-31-17-19-38(23-31)18-16-27-8-9-27/h10-15,20-22,27,31H,6-9,16-19,23H2,1-5H3/t31-/m0/s1. The Bertz CT molecular complexity index is 1750. The van der Waals surface area contributed by atoms with Gasteiger partial charge in [-0.25, -0.2) is 4.57 Å². The number of phosphoric acid groups is 1. The van der Waals surface area contributed by atoms with E-state index in [1.807, 2.05) is 63.2 Å². The molecule has 0 radical (unpaired) electrons. The van der Waals surface area contributed by atoms with E-state index in [0.717, 1.165) is 58.0 Å². The average Bonchev–Trinajstić information content (AvgIpc) is 3.64. The molecule has 0 N–H and O–H groups in total. The maximum absolute atomic E-state index is 14.2. The first-order valence-corrected chi connectivity index (χ1v) is 18.9.